The summed E-state index contributed by atoms with van der Waals surface area (Å²) in [5, 5.41) is 23.2. The summed E-state index contributed by atoms with van der Waals surface area (Å²) in [6.07, 6.45) is 2.67. The van der Waals surface area contributed by atoms with Crippen molar-refractivity contribution in [3.05, 3.63) is 35.8 Å². The first-order valence-electron chi connectivity index (χ1n) is 12.4. The highest BCUT2D eigenvalue weighted by molar-refractivity contribution is 6.09. The number of rotatable bonds is 8. The van der Waals surface area contributed by atoms with Gasteiger partial charge in [-0.15, -0.1) is 0 Å². The number of nitrogens with one attached hydrogen (secondary N) is 2. The smallest absolute Gasteiger partial charge is 0.257 e. The summed E-state index contributed by atoms with van der Waals surface area (Å²) in [4.78, 5) is 38.9. The fourth-order valence-corrected chi connectivity index (χ4v) is 4.66. The topological polar surface area (TPSA) is 150 Å². The van der Waals surface area contributed by atoms with Gasteiger partial charge in [0.05, 0.1) is 31.3 Å². The quantitative estimate of drug-likeness (QED) is 0.336. The standard InChI is InChI=1S/C26H31N5O6/c1-14-20(24(33)30-26(35)8-9-31(12-26)25(34)15(2)32)22-23(29-14)21(27-13-28-22)18-10-17(36-3)6-7-19(18)37-11-16-4-5-16/h6-7,10,13,15-16,29,32,35H,4-5,8-9,11-12H2,1-3H3,(H,30,33)/t15-,26+/m0/s1. The maximum atomic E-state index is 13.4. The Kier molecular flexibility index (Phi) is 6.50. The lowest BCUT2D eigenvalue weighted by atomic mass is 10.1. The number of hydrogen-bond acceptors (Lipinski definition) is 8. The number of aliphatic hydroxyl groups is 2. The number of aryl methyl sites for hydroxylation is 1. The fraction of sp³-hybridized carbons (Fsp3) is 0.462. The molecule has 0 bridgehead atoms. The SMILES string of the molecule is COc1ccc(OCC2CC2)c(-c2ncnc3c(C(=O)N[C@@]4(O)CCN(C(=O)[C@H](C)O)C4)c(C)[nH]c23)c1. The number of benzene rings is 1. The summed E-state index contributed by atoms with van der Waals surface area (Å²) in [5.41, 5.74) is 1.43. The van der Waals surface area contributed by atoms with E-state index in [1.807, 2.05) is 18.2 Å². The van der Waals surface area contributed by atoms with Crippen molar-refractivity contribution >= 4 is 22.8 Å². The molecule has 0 radical (unpaired) electrons. The minimum atomic E-state index is -1.62. The predicted octanol–water partition coefficient (Wildman–Crippen LogP) is 1.76. The molecular weight excluding hydrogens is 478 g/mol. The number of carbonyl (C=O) groups is 2. The molecule has 2 amide bonds. The zero-order chi connectivity index (χ0) is 26.3. The Morgan fingerprint density at radius 1 is 1.32 bits per heavy atom. The first-order chi connectivity index (χ1) is 17.7. The molecule has 4 N–H and O–H groups in total. The highest BCUT2D eigenvalue weighted by atomic mass is 16.5. The van der Waals surface area contributed by atoms with Gasteiger partial charge in [0, 0.05) is 24.2 Å². The molecule has 11 nitrogen and oxygen atoms in total. The lowest BCUT2D eigenvalue weighted by Crippen LogP contribution is -2.51. The second-order valence-electron chi connectivity index (χ2n) is 9.86. The molecule has 1 saturated carbocycles. The largest absolute Gasteiger partial charge is 0.497 e. The molecule has 2 fully saturated rings. The highest BCUT2D eigenvalue weighted by Gasteiger charge is 2.41. The molecule has 1 aliphatic heterocycles. The fourth-order valence-electron chi connectivity index (χ4n) is 4.66. The maximum Gasteiger partial charge on any atom is 0.257 e. The third-order valence-electron chi connectivity index (χ3n) is 6.87. The van der Waals surface area contributed by atoms with Gasteiger partial charge in [-0.25, -0.2) is 9.97 Å². The predicted molar refractivity (Wildman–Crippen MR) is 134 cm³/mol. The number of carbonyl (C=O) groups excluding carboxylic acids is 2. The van der Waals surface area contributed by atoms with E-state index in [9.17, 15) is 19.8 Å². The Bertz CT molecular complexity index is 1350. The van der Waals surface area contributed by atoms with Crippen LogP contribution in [0.25, 0.3) is 22.3 Å². The zero-order valence-corrected chi connectivity index (χ0v) is 21.1. The number of aromatic amines is 1. The van der Waals surface area contributed by atoms with Crippen molar-refractivity contribution in [2.24, 2.45) is 5.92 Å². The van der Waals surface area contributed by atoms with E-state index in [0.29, 0.717) is 52.0 Å². The van der Waals surface area contributed by atoms with E-state index >= 15 is 0 Å². The molecule has 3 heterocycles. The first-order valence-corrected chi connectivity index (χ1v) is 12.4. The number of H-pyrrole nitrogens is 1. The molecule has 2 aliphatic rings. The molecule has 3 aromatic rings. The monoisotopic (exact) mass is 509 g/mol. The third-order valence-corrected chi connectivity index (χ3v) is 6.87. The summed E-state index contributed by atoms with van der Waals surface area (Å²) in [5.74, 6) is 0.842. The summed E-state index contributed by atoms with van der Waals surface area (Å²) < 4.78 is 11.5. The van der Waals surface area contributed by atoms with Crippen LogP contribution in [-0.4, -0.2) is 80.5 Å². The number of nitrogens with zero attached hydrogens (tertiary/aromatic N) is 3. The van der Waals surface area contributed by atoms with Gasteiger partial charge < -0.3 is 34.9 Å². The molecule has 1 aliphatic carbocycles. The summed E-state index contributed by atoms with van der Waals surface area (Å²) >= 11 is 0. The van der Waals surface area contributed by atoms with Crippen LogP contribution in [0.3, 0.4) is 0 Å². The molecule has 0 unspecified atom stereocenters. The first kappa shape index (κ1) is 25.0. The number of methoxy groups -OCH3 is 1. The van der Waals surface area contributed by atoms with E-state index in [1.165, 1.54) is 18.2 Å². The summed E-state index contributed by atoms with van der Waals surface area (Å²) in [6, 6.07) is 5.52. The van der Waals surface area contributed by atoms with Gasteiger partial charge in [-0.1, -0.05) is 0 Å². The number of hydrogen-bond donors (Lipinski definition) is 4. The lowest BCUT2D eigenvalue weighted by Gasteiger charge is -2.25. The Balaban J connectivity index is 1.47. The number of β-amino-alcohol motifs (C(OH)–C–C–N with tert-alkyl or cyclic N) is 1. The van der Waals surface area contributed by atoms with Gasteiger partial charge >= 0.3 is 0 Å². The van der Waals surface area contributed by atoms with Crippen molar-refractivity contribution in [1.29, 1.82) is 0 Å². The van der Waals surface area contributed by atoms with Crippen molar-refractivity contribution < 1.29 is 29.3 Å². The molecule has 37 heavy (non-hydrogen) atoms. The van der Waals surface area contributed by atoms with Crippen LogP contribution < -0.4 is 14.8 Å². The van der Waals surface area contributed by atoms with Gasteiger partial charge in [0.25, 0.3) is 11.8 Å². The van der Waals surface area contributed by atoms with Crippen LogP contribution in [-0.2, 0) is 4.79 Å². The average Bonchev–Trinajstić information content (AvgIpc) is 3.53. The number of aliphatic hydroxyl groups excluding tert-OH is 1. The van der Waals surface area contributed by atoms with Crippen LogP contribution in [0.4, 0.5) is 0 Å². The lowest BCUT2D eigenvalue weighted by molar-refractivity contribution is -0.139. The molecule has 2 aromatic heterocycles. The zero-order valence-electron chi connectivity index (χ0n) is 21.1. The highest BCUT2D eigenvalue weighted by Crippen LogP contribution is 2.38. The van der Waals surface area contributed by atoms with Crippen molar-refractivity contribution in [3.8, 4) is 22.8 Å². The van der Waals surface area contributed by atoms with Crippen molar-refractivity contribution in [1.82, 2.24) is 25.2 Å². The number of fused-ring (bicyclic) bond motifs is 1. The van der Waals surface area contributed by atoms with Crippen LogP contribution in [0.15, 0.2) is 24.5 Å². The van der Waals surface area contributed by atoms with Crippen LogP contribution in [0.1, 0.15) is 42.2 Å². The van der Waals surface area contributed by atoms with E-state index in [1.54, 1.807) is 14.0 Å². The molecule has 0 spiro atoms. The molecule has 1 aromatic carbocycles. The van der Waals surface area contributed by atoms with Gasteiger partial charge in [0.1, 0.15) is 35.1 Å². The number of amides is 2. The van der Waals surface area contributed by atoms with Crippen LogP contribution in [0, 0.1) is 12.8 Å². The second kappa shape index (κ2) is 9.64. The molecule has 11 heteroatoms. The Labute approximate surface area is 213 Å². The molecule has 1 saturated heterocycles. The van der Waals surface area contributed by atoms with E-state index in [-0.39, 0.29) is 25.1 Å². The second-order valence-corrected chi connectivity index (χ2v) is 9.86. The summed E-state index contributed by atoms with van der Waals surface area (Å²) in [6.45, 7) is 3.85. The number of ether oxygens (including phenoxy) is 2. The van der Waals surface area contributed by atoms with Crippen LogP contribution in [0.2, 0.25) is 0 Å². The molecule has 2 atom stereocenters. The molecule has 196 valence electrons. The van der Waals surface area contributed by atoms with Gasteiger partial charge in [-0.05, 0) is 50.8 Å². The van der Waals surface area contributed by atoms with Crippen LogP contribution in [0.5, 0.6) is 11.5 Å². The Morgan fingerprint density at radius 3 is 2.81 bits per heavy atom. The summed E-state index contributed by atoms with van der Waals surface area (Å²) in [7, 11) is 1.59. The third kappa shape index (κ3) is 4.96. The number of likely N-dealkylation sites (tertiary alicyclic amines) is 1. The minimum Gasteiger partial charge on any atom is -0.497 e. The maximum absolute atomic E-state index is 13.4. The van der Waals surface area contributed by atoms with Gasteiger partial charge in [-0.3, -0.25) is 9.59 Å². The Morgan fingerprint density at radius 2 is 2.11 bits per heavy atom. The Hall–Kier alpha value is -3.70. The van der Waals surface area contributed by atoms with E-state index < -0.39 is 23.6 Å². The van der Waals surface area contributed by atoms with Gasteiger partial charge in [0.15, 0.2) is 5.72 Å². The minimum absolute atomic E-state index is 0.115. The van der Waals surface area contributed by atoms with Crippen molar-refractivity contribution in [3.63, 3.8) is 0 Å². The average molecular weight is 510 g/mol. The normalized spacial score (nSPS) is 20.2. The van der Waals surface area contributed by atoms with E-state index in [0.717, 1.165) is 12.8 Å². The van der Waals surface area contributed by atoms with Crippen molar-refractivity contribution in [2.75, 3.05) is 26.8 Å². The van der Waals surface area contributed by atoms with E-state index in [2.05, 4.69) is 20.3 Å². The molecule has 5 rings (SSSR count). The van der Waals surface area contributed by atoms with E-state index in [4.69, 9.17) is 9.47 Å². The van der Waals surface area contributed by atoms with Gasteiger partial charge in [-0.2, -0.15) is 0 Å². The van der Waals surface area contributed by atoms with Crippen molar-refractivity contribution in [2.45, 2.75) is 44.9 Å². The van der Waals surface area contributed by atoms with Gasteiger partial charge in [0.2, 0.25) is 0 Å². The van der Waals surface area contributed by atoms with Crippen LogP contribution >= 0.6 is 0 Å². The molecular formula is C26H31N5O6. The number of aromatic nitrogens is 3.